The Balaban J connectivity index is 1.63. The van der Waals surface area contributed by atoms with Crippen LogP contribution in [0.5, 0.6) is 0 Å². The van der Waals surface area contributed by atoms with Gasteiger partial charge in [0.15, 0.2) is 6.10 Å². The summed E-state index contributed by atoms with van der Waals surface area (Å²) in [6, 6.07) is 22.7. The molecule has 0 radical (unpaired) electrons. The van der Waals surface area contributed by atoms with E-state index in [1.165, 1.54) is 31.2 Å². The van der Waals surface area contributed by atoms with Gasteiger partial charge in [0.25, 0.3) is 5.91 Å². The van der Waals surface area contributed by atoms with E-state index in [1.54, 1.807) is 6.07 Å². The largest absolute Gasteiger partial charge is 0.452 e. The molecule has 1 N–H and O–H groups in total. The van der Waals surface area contributed by atoms with Crippen LogP contribution >= 0.6 is 0 Å². The van der Waals surface area contributed by atoms with E-state index in [2.05, 4.69) is 5.32 Å². The number of rotatable bonds is 6. The van der Waals surface area contributed by atoms with E-state index in [0.717, 1.165) is 11.1 Å². The maximum atomic E-state index is 12.9. The molecule has 0 aliphatic rings. The van der Waals surface area contributed by atoms with E-state index in [-0.39, 0.29) is 12.2 Å². The Bertz CT molecular complexity index is 955. The van der Waals surface area contributed by atoms with Gasteiger partial charge in [-0.2, -0.15) is 0 Å². The fourth-order valence-corrected chi connectivity index (χ4v) is 2.76. The first-order valence-corrected chi connectivity index (χ1v) is 8.92. The lowest BCUT2D eigenvalue weighted by molar-refractivity contribution is -0.152. The number of halogens is 1. The van der Waals surface area contributed by atoms with Gasteiger partial charge in [0.05, 0.1) is 6.42 Å². The average Bonchev–Trinajstić information content (AvgIpc) is 2.70. The predicted octanol–water partition coefficient (Wildman–Crippen LogP) is 4.61. The second-order valence-corrected chi connectivity index (χ2v) is 6.34. The van der Waals surface area contributed by atoms with E-state index >= 15 is 0 Å². The van der Waals surface area contributed by atoms with Crippen molar-refractivity contribution in [2.45, 2.75) is 19.4 Å². The summed E-state index contributed by atoms with van der Waals surface area (Å²) in [5.74, 6) is -1.34. The minimum Gasteiger partial charge on any atom is -0.452 e. The predicted molar refractivity (Wildman–Crippen MR) is 106 cm³/mol. The van der Waals surface area contributed by atoms with E-state index in [1.807, 2.05) is 48.5 Å². The Morgan fingerprint density at radius 2 is 1.57 bits per heavy atom. The maximum Gasteiger partial charge on any atom is 0.311 e. The molecular weight excluding hydrogens is 357 g/mol. The highest BCUT2D eigenvalue weighted by Crippen LogP contribution is 2.27. The SMILES string of the molecule is C[C@@H](OC(=O)Cc1ccc(F)cc1)C(=O)Nc1ccccc1-c1ccccc1. The highest BCUT2D eigenvalue weighted by atomic mass is 19.1. The zero-order valence-corrected chi connectivity index (χ0v) is 15.4. The summed E-state index contributed by atoms with van der Waals surface area (Å²) in [6.07, 6.45) is -0.991. The average molecular weight is 377 g/mol. The lowest BCUT2D eigenvalue weighted by Crippen LogP contribution is -2.30. The number of amides is 1. The van der Waals surface area contributed by atoms with Crippen molar-refractivity contribution < 1.29 is 18.7 Å². The number of esters is 1. The number of benzene rings is 3. The van der Waals surface area contributed by atoms with Gasteiger partial charge in [0.2, 0.25) is 0 Å². The molecule has 0 spiro atoms. The molecule has 0 saturated carbocycles. The van der Waals surface area contributed by atoms with Crippen molar-refractivity contribution in [1.82, 2.24) is 0 Å². The summed E-state index contributed by atoms with van der Waals surface area (Å²) < 4.78 is 18.2. The summed E-state index contributed by atoms with van der Waals surface area (Å²) in [5, 5.41) is 2.82. The standard InChI is InChI=1S/C23H20FNO3/c1-16(28-22(26)15-17-11-13-19(24)14-12-17)23(27)25-21-10-6-5-9-20(21)18-7-3-2-4-8-18/h2-14,16H,15H2,1H3,(H,25,27)/t16-/m1/s1. The molecule has 3 rings (SSSR count). The van der Waals surface area contributed by atoms with Gasteiger partial charge in [0.1, 0.15) is 5.82 Å². The summed E-state index contributed by atoms with van der Waals surface area (Å²) in [6.45, 7) is 1.52. The monoisotopic (exact) mass is 377 g/mol. The van der Waals surface area contributed by atoms with Crippen molar-refractivity contribution in [3.63, 3.8) is 0 Å². The van der Waals surface area contributed by atoms with E-state index in [9.17, 15) is 14.0 Å². The number of anilines is 1. The highest BCUT2D eigenvalue weighted by molar-refractivity contribution is 5.98. The molecular formula is C23H20FNO3. The first kappa shape index (κ1) is 19.3. The van der Waals surface area contributed by atoms with Gasteiger partial charge in [-0.3, -0.25) is 9.59 Å². The molecule has 1 atom stereocenters. The van der Waals surface area contributed by atoms with Gasteiger partial charge in [-0.05, 0) is 36.2 Å². The van der Waals surface area contributed by atoms with Crippen molar-refractivity contribution in [2.75, 3.05) is 5.32 Å². The molecule has 142 valence electrons. The number of hydrogen-bond donors (Lipinski definition) is 1. The first-order chi connectivity index (χ1) is 13.5. The van der Waals surface area contributed by atoms with Gasteiger partial charge in [-0.15, -0.1) is 0 Å². The molecule has 3 aromatic carbocycles. The summed E-state index contributed by atoms with van der Waals surface area (Å²) in [7, 11) is 0. The van der Waals surface area contributed by atoms with Crippen molar-refractivity contribution in [3.8, 4) is 11.1 Å². The smallest absolute Gasteiger partial charge is 0.311 e. The molecule has 1 amide bonds. The topological polar surface area (TPSA) is 55.4 Å². The molecule has 0 saturated heterocycles. The third-order valence-electron chi connectivity index (χ3n) is 4.21. The van der Waals surface area contributed by atoms with E-state index < -0.39 is 18.0 Å². The minimum absolute atomic E-state index is 0.0293. The second kappa shape index (κ2) is 8.95. The molecule has 28 heavy (non-hydrogen) atoms. The van der Waals surface area contributed by atoms with Crippen LogP contribution in [-0.2, 0) is 20.7 Å². The van der Waals surface area contributed by atoms with Crippen LogP contribution in [-0.4, -0.2) is 18.0 Å². The van der Waals surface area contributed by atoms with Crippen LogP contribution in [0.3, 0.4) is 0 Å². The van der Waals surface area contributed by atoms with Crippen LogP contribution in [0.25, 0.3) is 11.1 Å². The maximum absolute atomic E-state index is 12.9. The summed E-state index contributed by atoms with van der Waals surface area (Å²) in [4.78, 5) is 24.5. The first-order valence-electron chi connectivity index (χ1n) is 8.92. The van der Waals surface area contributed by atoms with Gasteiger partial charge in [0, 0.05) is 11.3 Å². The number of nitrogens with one attached hydrogen (secondary N) is 1. The van der Waals surface area contributed by atoms with Gasteiger partial charge < -0.3 is 10.1 Å². The van der Waals surface area contributed by atoms with Crippen molar-refractivity contribution in [2.24, 2.45) is 0 Å². The minimum atomic E-state index is -0.961. The lowest BCUT2D eigenvalue weighted by atomic mass is 10.0. The van der Waals surface area contributed by atoms with Crippen LogP contribution < -0.4 is 5.32 Å². The fourth-order valence-electron chi connectivity index (χ4n) is 2.76. The van der Waals surface area contributed by atoms with Crippen molar-refractivity contribution in [1.29, 1.82) is 0 Å². The fraction of sp³-hybridized carbons (Fsp3) is 0.130. The van der Waals surface area contributed by atoms with Crippen LogP contribution in [0.4, 0.5) is 10.1 Å². The Hall–Kier alpha value is -3.47. The van der Waals surface area contributed by atoms with Crippen LogP contribution in [0.1, 0.15) is 12.5 Å². The summed E-state index contributed by atoms with van der Waals surface area (Å²) >= 11 is 0. The highest BCUT2D eigenvalue weighted by Gasteiger charge is 2.19. The third kappa shape index (κ3) is 5.04. The molecule has 0 aromatic heterocycles. The van der Waals surface area contributed by atoms with Crippen LogP contribution in [0.2, 0.25) is 0 Å². The van der Waals surface area contributed by atoms with Crippen molar-refractivity contribution >= 4 is 17.6 Å². The van der Waals surface area contributed by atoms with E-state index in [4.69, 9.17) is 4.74 Å². The number of hydrogen-bond acceptors (Lipinski definition) is 3. The van der Waals surface area contributed by atoms with Crippen molar-refractivity contribution in [3.05, 3.63) is 90.2 Å². The molecule has 4 nitrogen and oxygen atoms in total. The number of carbonyl (C=O) groups excluding carboxylic acids is 2. The third-order valence-corrected chi connectivity index (χ3v) is 4.21. The Morgan fingerprint density at radius 3 is 2.29 bits per heavy atom. The Morgan fingerprint density at radius 1 is 0.929 bits per heavy atom. The lowest BCUT2D eigenvalue weighted by Gasteiger charge is -2.16. The molecule has 0 heterocycles. The van der Waals surface area contributed by atoms with Gasteiger partial charge >= 0.3 is 5.97 Å². The second-order valence-electron chi connectivity index (χ2n) is 6.34. The number of ether oxygens (including phenoxy) is 1. The molecule has 0 aliphatic heterocycles. The molecule has 0 bridgehead atoms. The zero-order chi connectivity index (χ0) is 19.9. The van der Waals surface area contributed by atoms with E-state index in [0.29, 0.717) is 11.3 Å². The van der Waals surface area contributed by atoms with Gasteiger partial charge in [-0.25, -0.2) is 4.39 Å². The Kier molecular flexibility index (Phi) is 6.17. The van der Waals surface area contributed by atoms with Gasteiger partial charge in [-0.1, -0.05) is 60.7 Å². The van der Waals surface area contributed by atoms with Crippen LogP contribution in [0, 0.1) is 5.82 Å². The Labute approximate surface area is 163 Å². The molecule has 5 heteroatoms. The molecule has 3 aromatic rings. The van der Waals surface area contributed by atoms with Crippen LogP contribution in [0.15, 0.2) is 78.9 Å². The zero-order valence-electron chi connectivity index (χ0n) is 15.4. The molecule has 0 aliphatic carbocycles. The summed E-state index contributed by atoms with van der Waals surface area (Å²) in [5.41, 5.74) is 3.11. The molecule has 0 unspecified atom stereocenters. The normalized spacial score (nSPS) is 11.5. The molecule has 0 fully saturated rings. The number of carbonyl (C=O) groups is 2. The number of para-hydroxylation sites is 1. The quantitative estimate of drug-likeness (QED) is 0.639.